The summed E-state index contributed by atoms with van der Waals surface area (Å²) in [5.41, 5.74) is 0. The lowest BCUT2D eigenvalue weighted by Gasteiger charge is -1.95. The van der Waals surface area contributed by atoms with E-state index in [1.807, 2.05) is 0 Å². The third-order valence-corrected chi connectivity index (χ3v) is 3.39. The third-order valence-electron chi connectivity index (χ3n) is 3.39. The van der Waals surface area contributed by atoms with E-state index in [0.29, 0.717) is 24.7 Å². The summed E-state index contributed by atoms with van der Waals surface area (Å²) in [6, 6.07) is 0. The molecule has 1 saturated carbocycles. The third kappa shape index (κ3) is 2.44. The standard InChI is InChI=1S/C11H20O2/c1-2-3-10-11(13-10)5-4-8-6-9(8)7-12/h8-12H,2-7H2,1H3. The van der Waals surface area contributed by atoms with Crippen LogP contribution in [-0.2, 0) is 4.74 Å². The van der Waals surface area contributed by atoms with Crippen LogP contribution in [0.2, 0.25) is 0 Å². The van der Waals surface area contributed by atoms with Crippen molar-refractivity contribution >= 4 is 0 Å². The van der Waals surface area contributed by atoms with E-state index >= 15 is 0 Å². The highest BCUT2D eigenvalue weighted by atomic mass is 16.6. The molecule has 2 fully saturated rings. The molecule has 0 aromatic heterocycles. The van der Waals surface area contributed by atoms with Crippen LogP contribution in [-0.4, -0.2) is 23.9 Å². The largest absolute Gasteiger partial charge is 0.396 e. The molecule has 4 atom stereocenters. The van der Waals surface area contributed by atoms with Crippen molar-refractivity contribution in [3.63, 3.8) is 0 Å². The summed E-state index contributed by atoms with van der Waals surface area (Å²) in [6.07, 6.45) is 7.38. The predicted molar refractivity (Wildman–Crippen MR) is 51.5 cm³/mol. The fourth-order valence-corrected chi connectivity index (χ4v) is 2.24. The Hall–Kier alpha value is -0.0800. The van der Waals surface area contributed by atoms with Gasteiger partial charge in [0.05, 0.1) is 12.2 Å². The molecule has 0 aromatic rings. The highest BCUT2D eigenvalue weighted by Crippen LogP contribution is 2.43. The Kier molecular flexibility index (Phi) is 2.89. The molecular formula is C11H20O2. The van der Waals surface area contributed by atoms with Crippen molar-refractivity contribution in [2.24, 2.45) is 11.8 Å². The summed E-state index contributed by atoms with van der Waals surface area (Å²) < 4.78 is 5.54. The highest BCUT2D eigenvalue weighted by molar-refractivity contribution is 4.90. The van der Waals surface area contributed by atoms with Crippen molar-refractivity contribution in [3.8, 4) is 0 Å². The smallest absolute Gasteiger partial charge is 0.0842 e. The van der Waals surface area contributed by atoms with Gasteiger partial charge in [-0.1, -0.05) is 13.3 Å². The molecule has 0 spiro atoms. The molecule has 76 valence electrons. The average Bonchev–Trinajstić information content (AvgIpc) is 2.96. The Morgan fingerprint density at radius 1 is 1.15 bits per heavy atom. The second-order valence-electron chi connectivity index (χ2n) is 4.52. The minimum atomic E-state index is 0.397. The normalized spacial score (nSPS) is 42.0. The Morgan fingerprint density at radius 3 is 2.54 bits per heavy atom. The Bertz CT molecular complexity index is 169. The molecule has 0 bridgehead atoms. The van der Waals surface area contributed by atoms with Crippen LogP contribution >= 0.6 is 0 Å². The Labute approximate surface area is 80.3 Å². The number of aliphatic hydroxyl groups is 1. The Morgan fingerprint density at radius 2 is 1.92 bits per heavy atom. The van der Waals surface area contributed by atoms with Gasteiger partial charge in [-0.3, -0.25) is 0 Å². The molecule has 13 heavy (non-hydrogen) atoms. The zero-order valence-corrected chi connectivity index (χ0v) is 8.41. The second kappa shape index (κ2) is 3.97. The zero-order chi connectivity index (χ0) is 9.26. The fourth-order valence-electron chi connectivity index (χ4n) is 2.24. The molecule has 1 N–H and O–H groups in total. The number of aliphatic hydroxyl groups excluding tert-OH is 1. The van der Waals surface area contributed by atoms with Crippen LogP contribution in [0.5, 0.6) is 0 Å². The van der Waals surface area contributed by atoms with Crippen LogP contribution in [0.3, 0.4) is 0 Å². The summed E-state index contributed by atoms with van der Waals surface area (Å²) in [4.78, 5) is 0. The number of epoxide rings is 1. The lowest BCUT2D eigenvalue weighted by Crippen LogP contribution is -1.96. The molecule has 0 aromatic carbocycles. The zero-order valence-electron chi connectivity index (χ0n) is 8.41. The molecule has 1 saturated heterocycles. The quantitative estimate of drug-likeness (QED) is 0.640. The molecule has 2 heteroatoms. The van der Waals surface area contributed by atoms with Crippen molar-refractivity contribution in [2.75, 3.05) is 6.61 Å². The van der Waals surface area contributed by atoms with Gasteiger partial charge < -0.3 is 9.84 Å². The molecule has 0 radical (unpaired) electrons. The minimum Gasteiger partial charge on any atom is -0.396 e. The first-order valence-corrected chi connectivity index (χ1v) is 5.61. The maximum absolute atomic E-state index is 8.86. The van der Waals surface area contributed by atoms with Gasteiger partial charge in [0.1, 0.15) is 0 Å². The molecule has 4 unspecified atom stereocenters. The highest BCUT2D eigenvalue weighted by Gasteiger charge is 2.41. The number of ether oxygens (including phenoxy) is 1. The summed E-state index contributed by atoms with van der Waals surface area (Å²) >= 11 is 0. The van der Waals surface area contributed by atoms with Gasteiger partial charge in [-0.2, -0.15) is 0 Å². The van der Waals surface area contributed by atoms with Gasteiger partial charge in [-0.05, 0) is 37.5 Å². The summed E-state index contributed by atoms with van der Waals surface area (Å²) in [7, 11) is 0. The molecule has 2 rings (SSSR count). The van der Waals surface area contributed by atoms with Crippen LogP contribution in [0.25, 0.3) is 0 Å². The Balaban J connectivity index is 1.51. The second-order valence-corrected chi connectivity index (χ2v) is 4.52. The van der Waals surface area contributed by atoms with Crippen LogP contribution in [0, 0.1) is 11.8 Å². The van der Waals surface area contributed by atoms with Crippen molar-refractivity contribution in [3.05, 3.63) is 0 Å². The van der Waals surface area contributed by atoms with E-state index in [0.717, 1.165) is 5.92 Å². The van der Waals surface area contributed by atoms with Crippen LogP contribution in [0.4, 0.5) is 0 Å². The van der Waals surface area contributed by atoms with Crippen LogP contribution in [0.1, 0.15) is 39.0 Å². The molecule has 1 aliphatic carbocycles. The van der Waals surface area contributed by atoms with Gasteiger partial charge in [0.2, 0.25) is 0 Å². The topological polar surface area (TPSA) is 32.8 Å². The lowest BCUT2D eigenvalue weighted by atomic mass is 10.1. The average molecular weight is 184 g/mol. The van der Waals surface area contributed by atoms with E-state index in [2.05, 4.69) is 6.92 Å². The van der Waals surface area contributed by atoms with Gasteiger partial charge >= 0.3 is 0 Å². The molecule has 1 heterocycles. The van der Waals surface area contributed by atoms with E-state index in [4.69, 9.17) is 9.84 Å². The van der Waals surface area contributed by atoms with Crippen LogP contribution < -0.4 is 0 Å². The lowest BCUT2D eigenvalue weighted by molar-refractivity contribution is 0.265. The van der Waals surface area contributed by atoms with Gasteiger partial charge in [0.25, 0.3) is 0 Å². The first-order chi connectivity index (χ1) is 6.35. The van der Waals surface area contributed by atoms with Crippen molar-refractivity contribution in [1.29, 1.82) is 0 Å². The minimum absolute atomic E-state index is 0.397. The van der Waals surface area contributed by atoms with Gasteiger partial charge in [0.15, 0.2) is 0 Å². The predicted octanol–water partition coefficient (Wildman–Crippen LogP) is 1.96. The fraction of sp³-hybridized carbons (Fsp3) is 1.00. The molecule has 2 aliphatic rings. The van der Waals surface area contributed by atoms with Crippen molar-refractivity contribution < 1.29 is 9.84 Å². The number of hydrogen-bond acceptors (Lipinski definition) is 2. The summed E-state index contributed by atoms with van der Waals surface area (Å²) in [5, 5.41) is 8.86. The van der Waals surface area contributed by atoms with E-state index in [9.17, 15) is 0 Å². The van der Waals surface area contributed by atoms with E-state index in [1.54, 1.807) is 0 Å². The van der Waals surface area contributed by atoms with Gasteiger partial charge in [-0.25, -0.2) is 0 Å². The molecule has 2 nitrogen and oxygen atoms in total. The maximum atomic E-state index is 8.86. The first-order valence-electron chi connectivity index (χ1n) is 5.61. The summed E-state index contributed by atoms with van der Waals surface area (Å²) in [5.74, 6) is 1.44. The number of rotatable bonds is 6. The first kappa shape index (κ1) is 9.47. The molecule has 1 aliphatic heterocycles. The van der Waals surface area contributed by atoms with Crippen molar-refractivity contribution in [1.82, 2.24) is 0 Å². The SMILES string of the molecule is CCCC1OC1CCC1CC1CO. The van der Waals surface area contributed by atoms with Gasteiger partial charge in [-0.15, -0.1) is 0 Å². The van der Waals surface area contributed by atoms with E-state index in [1.165, 1.54) is 32.1 Å². The van der Waals surface area contributed by atoms with Gasteiger partial charge in [0, 0.05) is 6.61 Å². The molecule has 0 amide bonds. The number of hydrogen-bond donors (Lipinski definition) is 1. The van der Waals surface area contributed by atoms with E-state index in [-0.39, 0.29) is 0 Å². The van der Waals surface area contributed by atoms with Crippen molar-refractivity contribution in [2.45, 2.75) is 51.2 Å². The monoisotopic (exact) mass is 184 g/mol. The molecular weight excluding hydrogens is 164 g/mol. The van der Waals surface area contributed by atoms with Crippen LogP contribution in [0.15, 0.2) is 0 Å². The van der Waals surface area contributed by atoms with E-state index < -0.39 is 0 Å². The maximum Gasteiger partial charge on any atom is 0.0842 e. The summed E-state index contributed by atoms with van der Waals surface area (Å²) in [6.45, 7) is 2.61.